The predicted molar refractivity (Wildman–Crippen MR) is 90.0 cm³/mol. The summed E-state index contributed by atoms with van der Waals surface area (Å²) in [5, 5.41) is 11.0. The largest absolute Gasteiger partial charge is 0.506 e. The van der Waals surface area contributed by atoms with Crippen molar-refractivity contribution in [2.24, 2.45) is 0 Å². The highest BCUT2D eigenvalue weighted by molar-refractivity contribution is 7.93. The van der Waals surface area contributed by atoms with Crippen LogP contribution in [-0.4, -0.2) is 18.8 Å². The van der Waals surface area contributed by atoms with Gasteiger partial charge in [0.15, 0.2) is 0 Å². The maximum atomic E-state index is 12.6. The zero-order chi connectivity index (χ0) is 15.7. The Morgan fingerprint density at radius 3 is 2.41 bits per heavy atom. The first-order chi connectivity index (χ1) is 10.5. The summed E-state index contributed by atoms with van der Waals surface area (Å²) in [6.45, 7) is 0. The molecule has 1 aliphatic rings. The molecule has 4 nitrogen and oxygen atoms in total. The average Bonchev–Trinajstić information content (AvgIpc) is 2.53. The van der Waals surface area contributed by atoms with E-state index in [1.54, 1.807) is 24.3 Å². The normalized spacial score (nSPS) is 16.8. The Morgan fingerprint density at radius 2 is 1.73 bits per heavy atom. The molecule has 3 rings (SSSR count). The van der Waals surface area contributed by atoms with Gasteiger partial charge in [0, 0.05) is 10.8 Å². The molecule has 0 bridgehead atoms. The van der Waals surface area contributed by atoms with Crippen LogP contribution in [0.4, 0.5) is 5.69 Å². The van der Waals surface area contributed by atoms with E-state index in [0.717, 1.165) is 19.3 Å². The summed E-state index contributed by atoms with van der Waals surface area (Å²) in [7, 11) is -3.45. The van der Waals surface area contributed by atoms with Crippen molar-refractivity contribution in [1.29, 1.82) is 0 Å². The number of rotatable bonds is 3. The molecule has 1 aliphatic carbocycles. The van der Waals surface area contributed by atoms with Crippen LogP contribution in [0.5, 0.6) is 5.75 Å². The number of benzene rings is 2. The number of nitrogens with one attached hydrogen (secondary N) is 1. The number of anilines is 1. The Labute approximate surface area is 135 Å². The van der Waals surface area contributed by atoms with Crippen molar-refractivity contribution >= 4 is 38.1 Å². The molecule has 0 atom stereocenters. The molecule has 22 heavy (non-hydrogen) atoms. The van der Waals surface area contributed by atoms with Crippen LogP contribution in [0.15, 0.2) is 30.3 Å². The van der Waals surface area contributed by atoms with E-state index in [-0.39, 0.29) is 16.0 Å². The van der Waals surface area contributed by atoms with Crippen LogP contribution in [0.3, 0.4) is 0 Å². The van der Waals surface area contributed by atoms with Gasteiger partial charge in [-0.3, -0.25) is 4.72 Å². The molecular weight excluding hydrogens is 322 g/mol. The third-order valence-corrected chi connectivity index (χ3v) is 6.35. The van der Waals surface area contributed by atoms with Gasteiger partial charge in [-0.05, 0) is 18.9 Å². The summed E-state index contributed by atoms with van der Waals surface area (Å²) in [6.07, 6.45) is 4.38. The minimum atomic E-state index is -3.45. The summed E-state index contributed by atoms with van der Waals surface area (Å²) in [5.74, 6) is -0.0297. The summed E-state index contributed by atoms with van der Waals surface area (Å²) >= 11 is 6.02. The van der Waals surface area contributed by atoms with Gasteiger partial charge in [-0.2, -0.15) is 0 Å². The minimum Gasteiger partial charge on any atom is -0.506 e. The molecule has 0 unspecified atom stereocenters. The molecule has 0 radical (unpaired) electrons. The molecular formula is C16H18ClNO3S. The summed E-state index contributed by atoms with van der Waals surface area (Å²) in [4.78, 5) is 0. The van der Waals surface area contributed by atoms with Gasteiger partial charge in [0.2, 0.25) is 10.0 Å². The van der Waals surface area contributed by atoms with Crippen molar-refractivity contribution in [3.63, 3.8) is 0 Å². The second kappa shape index (κ2) is 5.97. The summed E-state index contributed by atoms with van der Waals surface area (Å²) in [5.41, 5.74) is 0.420. The van der Waals surface area contributed by atoms with Gasteiger partial charge >= 0.3 is 0 Å². The maximum Gasteiger partial charge on any atom is 0.235 e. The molecule has 0 aliphatic heterocycles. The van der Waals surface area contributed by atoms with Crippen LogP contribution in [0.2, 0.25) is 5.02 Å². The molecule has 0 heterocycles. The number of hydrogen-bond acceptors (Lipinski definition) is 3. The minimum absolute atomic E-state index is 0.0297. The number of halogens is 1. The second-order valence-electron chi connectivity index (χ2n) is 5.71. The molecule has 2 N–H and O–H groups in total. The van der Waals surface area contributed by atoms with Crippen molar-refractivity contribution in [2.75, 3.05) is 4.72 Å². The average molecular weight is 340 g/mol. The first-order valence-corrected chi connectivity index (χ1v) is 9.33. The van der Waals surface area contributed by atoms with E-state index < -0.39 is 10.0 Å². The summed E-state index contributed by atoms with van der Waals surface area (Å²) in [6, 6.07) is 8.53. The third-order valence-electron chi connectivity index (χ3n) is 4.21. The summed E-state index contributed by atoms with van der Waals surface area (Å²) < 4.78 is 27.8. The Kier molecular flexibility index (Phi) is 4.19. The van der Waals surface area contributed by atoms with Crippen molar-refractivity contribution in [2.45, 2.75) is 37.4 Å². The highest BCUT2D eigenvalue weighted by atomic mass is 35.5. The van der Waals surface area contributed by atoms with E-state index in [4.69, 9.17) is 11.6 Å². The van der Waals surface area contributed by atoms with E-state index in [1.165, 1.54) is 6.07 Å². The fraction of sp³-hybridized carbons (Fsp3) is 0.375. The van der Waals surface area contributed by atoms with Crippen molar-refractivity contribution in [3.8, 4) is 5.75 Å². The number of phenolic OH excluding ortho intramolecular Hbond substituents is 1. The van der Waals surface area contributed by atoms with Gasteiger partial charge in [0.1, 0.15) is 5.75 Å². The number of aromatic hydroxyl groups is 1. The Morgan fingerprint density at radius 1 is 1.09 bits per heavy atom. The maximum absolute atomic E-state index is 12.6. The second-order valence-corrected chi connectivity index (χ2v) is 8.08. The molecule has 6 heteroatoms. The lowest BCUT2D eigenvalue weighted by molar-refractivity contribution is 0.481. The lowest BCUT2D eigenvalue weighted by atomic mass is 10.0. The van der Waals surface area contributed by atoms with Crippen LogP contribution in [0.25, 0.3) is 10.8 Å². The zero-order valence-corrected chi connectivity index (χ0v) is 13.6. The molecule has 1 fully saturated rings. The Balaban J connectivity index is 2.02. The van der Waals surface area contributed by atoms with Crippen molar-refractivity contribution < 1.29 is 13.5 Å². The van der Waals surface area contributed by atoms with Crippen LogP contribution < -0.4 is 4.72 Å². The molecule has 2 aromatic rings. The fourth-order valence-electron chi connectivity index (χ4n) is 3.02. The molecule has 0 saturated heterocycles. The number of hydrogen-bond donors (Lipinski definition) is 2. The van der Waals surface area contributed by atoms with E-state index in [1.807, 2.05) is 0 Å². The van der Waals surface area contributed by atoms with Crippen LogP contribution in [-0.2, 0) is 10.0 Å². The fourth-order valence-corrected chi connectivity index (χ4v) is 4.83. The Hall–Kier alpha value is -1.46. The molecule has 2 aromatic carbocycles. The van der Waals surface area contributed by atoms with Crippen molar-refractivity contribution in [3.05, 3.63) is 35.4 Å². The highest BCUT2D eigenvalue weighted by Crippen LogP contribution is 2.38. The molecule has 118 valence electrons. The van der Waals surface area contributed by atoms with Crippen LogP contribution in [0.1, 0.15) is 32.1 Å². The molecule has 0 spiro atoms. The Bertz CT molecular complexity index is 798. The number of phenols is 1. The lowest BCUT2D eigenvalue weighted by Gasteiger charge is -2.23. The molecule has 1 saturated carbocycles. The van der Waals surface area contributed by atoms with Gasteiger partial charge in [0.25, 0.3) is 0 Å². The van der Waals surface area contributed by atoms with Gasteiger partial charge < -0.3 is 5.11 Å². The number of sulfonamides is 1. The molecule has 0 aromatic heterocycles. The van der Waals surface area contributed by atoms with E-state index >= 15 is 0 Å². The smallest absolute Gasteiger partial charge is 0.235 e. The van der Waals surface area contributed by atoms with E-state index in [0.29, 0.717) is 29.3 Å². The third kappa shape index (κ3) is 2.88. The zero-order valence-electron chi connectivity index (χ0n) is 12.0. The van der Waals surface area contributed by atoms with Gasteiger partial charge in [-0.15, -0.1) is 0 Å². The topological polar surface area (TPSA) is 66.4 Å². The first-order valence-electron chi connectivity index (χ1n) is 7.41. The van der Waals surface area contributed by atoms with Crippen LogP contribution >= 0.6 is 11.6 Å². The SMILES string of the molecule is O=S(=O)(Nc1cc(Cl)c(O)c2ccccc12)C1CCCCC1. The first kappa shape index (κ1) is 15.4. The van der Waals surface area contributed by atoms with E-state index in [9.17, 15) is 13.5 Å². The molecule has 0 amide bonds. The monoisotopic (exact) mass is 339 g/mol. The highest BCUT2D eigenvalue weighted by Gasteiger charge is 2.28. The van der Waals surface area contributed by atoms with Crippen molar-refractivity contribution in [1.82, 2.24) is 0 Å². The number of fused-ring (bicyclic) bond motifs is 1. The predicted octanol–water partition coefficient (Wildman–Crippen LogP) is 4.27. The van der Waals surface area contributed by atoms with E-state index in [2.05, 4.69) is 4.72 Å². The standard InChI is InChI=1S/C16H18ClNO3S/c17-14-10-15(12-8-4-5-9-13(12)16(14)19)18-22(20,21)11-6-2-1-3-7-11/h4-5,8-11,18-19H,1-3,6-7H2. The van der Waals surface area contributed by atoms with Gasteiger partial charge in [0.05, 0.1) is 16.0 Å². The lowest BCUT2D eigenvalue weighted by Crippen LogP contribution is -2.29. The quantitative estimate of drug-likeness (QED) is 0.820. The van der Waals surface area contributed by atoms with Gasteiger partial charge in [-0.25, -0.2) is 8.42 Å². The van der Waals surface area contributed by atoms with Crippen LogP contribution in [0, 0.1) is 0 Å². The van der Waals surface area contributed by atoms with Gasteiger partial charge in [-0.1, -0.05) is 55.1 Å².